The summed E-state index contributed by atoms with van der Waals surface area (Å²) in [6, 6.07) is 1.82. The summed E-state index contributed by atoms with van der Waals surface area (Å²) >= 11 is 3.34. The summed E-state index contributed by atoms with van der Waals surface area (Å²) in [5, 5.41) is 10.7. The number of hydrogen-bond donors (Lipinski definition) is 1. The number of carbonyl (C=O) groups excluding carboxylic acids is 2. The molecule has 16 heavy (non-hydrogen) atoms. The summed E-state index contributed by atoms with van der Waals surface area (Å²) in [5.41, 5.74) is 1.59. The van der Waals surface area contributed by atoms with Crippen molar-refractivity contribution in [3.8, 4) is 0 Å². The lowest BCUT2D eigenvalue weighted by molar-refractivity contribution is -0.134. The van der Waals surface area contributed by atoms with Crippen molar-refractivity contribution in [2.45, 2.75) is 24.1 Å². The number of alkyl halides is 1. The van der Waals surface area contributed by atoms with Gasteiger partial charge in [0, 0.05) is 17.9 Å². The Labute approximate surface area is 101 Å². The van der Waals surface area contributed by atoms with Crippen LogP contribution in [0.1, 0.15) is 30.0 Å². The molecule has 1 atom stereocenters. The minimum absolute atomic E-state index is 0.217. The molecule has 6 heteroatoms. The fourth-order valence-corrected chi connectivity index (χ4v) is 2.20. The van der Waals surface area contributed by atoms with Crippen LogP contribution in [0.15, 0.2) is 12.3 Å². The third-order valence-corrected chi connectivity index (χ3v) is 3.15. The van der Waals surface area contributed by atoms with Crippen LogP contribution >= 0.6 is 15.9 Å². The predicted molar refractivity (Wildman–Crippen MR) is 59.8 cm³/mol. The van der Waals surface area contributed by atoms with E-state index in [1.54, 1.807) is 6.20 Å². The molecule has 2 rings (SSSR count). The lowest BCUT2D eigenvalue weighted by Crippen LogP contribution is -2.40. The number of aromatic nitrogens is 2. The van der Waals surface area contributed by atoms with Gasteiger partial charge in [0.1, 0.15) is 0 Å². The molecule has 1 aromatic heterocycles. The maximum atomic E-state index is 11.7. The van der Waals surface area contributed by atoms with Crippen LogP contribution in [0.2, 0.25) is 0 Å². The van der Waals surface area contributed by atoms with Crippen molar-refractivity contribution in [2.24, 2.45) is 0 Å². The van der Waals surface area contributed by atoms with Crippen LogP contribution in [0.4, 0.5) is 0 Å². The van der Waals surface area contributed by atoms with E-state index in [4.69, 9.17) is 0 Å². The van der Waals surface area contributed by atoms with Crippen LogP contribution in [0.5, 0.6) is 0 Å². The summed E-state index contributed by atoms with van der Waals surface area (Å²) in [4.78, 5) is 22.7. The Balaban J connectivity index is 2.30. The highest BCUT2D eigenvalue weighted by Crippen LogP contribution is 2.26. The molecule has 5 nitrogen and oxygen atoms in total. The fraction of sp³-hybridized carbons (Fsp3) is 0.400. The van der Waals surface area contributed by atoms with E-state index in [0.717, 1.165) is 5.56 Å². The minimum atomic E-state index is -0.362. The van der Waals surface area contributed by atoms with E-state index in [1.807, 2.05) is 6.07 Å². The van der Waals surface area contributed by atoms with Crippen LogP contribution in [0.25, 0.3) is 0 Å². The van der Waals surface area contributed by atoms with E-state index >= 15 is 0 Å². The topological polar surface area (TPSA) is 72.0 Å². The third-order valence-electron chi connectivity index (χ3n) is 2.55. The summed E-state index contributed by atoms with van der Waals surface area (Å²) < 4.78 is 0. The smallest absolute Gasteiger partial charge is 0.235 e. The molecule has 0 radical (unpaired) electrons. The van der Waals surface area contributed by atoms with Crippen LogP contribution in [0, 0.1) is 0 Å². The molecule has 0 spiro atoms. The predicted octanol–water partition coefficient (Wildman–Crippen LogP) is 0.892. The van der Waals surface area contributed by atoms with Gasteiger partial charge in [-0.1, -0.05) is 15.9 Å². The van der Waals surface area contributed by atoms with Crippen LogP contribution in [-0.2, 0) is 14.9 Å². The Morgan fingerprint density at radius 1 is 1.50 bits per heavy atom. The van der Waals surface area contributed by atoms with E-state index in [0.29, 0.717) is 23.9 Å². The molecule has 2 amide bonds. The van der Waals surface area contributed by atoms with Gasteiger partial charge in [-0.3, -0.25) is 14.9 Å². The average molecular weight is 284 g/mol. The molecule has 1 aliphatic heterocycles. The normalized spacial score (nSPS) is 20.7. The molecule has 0 aliphatic carbocycles. The number of piperidine rings is 1. The van der Waals surface area contributed by atoms with Gasteiger partial charge in [-0.2, -0.15) is 10.2 Å². The molecular weight excluding hydrogens is 274 g/mol. The van der Waals surface area contributed by atoms with E-state index in [2.05, 4.69) is 31.4 Å². The van der Waals surface area contributed by atoms with Gasteiger partial charge in [0.15, 0.2) is 0 Å². The highest BCUT2D eigenvalue weighted by molar-refractivity contribution is 9.08. The van der Waals surface area contributed by atoms with E-state index in [9.17, 15) is 9.59 Å². The van der Waals surface area contributed by atoms with Crippen molar-refractivity contribution in [3.05, 3.63) is 23.5 Å². The Bertz CT molecular complexity index is 436. The van der Waals surface area contributed by atoms with Crippen molar-refractivity contribution < 1.29 is 9.59 Å². The number of amides is 2. The number of rotatable bonds is 2. The van der Waals surface area contributed by atoms with Gasteiger partial charge in [0.2, 0.25) is 11.8 Å². The van der Waals surface area contributed by atoms with Gasteiger partial charge in [-0.05, 0) is 18.1 Å². The average Bonchev–Trinajstić information content (AvgIpc) is 2.29. The Hall–Kier alpha value is -1.30. The molecule has 0 aromatic carbocycles. The molecule has 1 unspecified atom stereocenters. The van der Waals surface area contributed by atoms with Crippen LogP contribution in [-0.4, -0.2) is 22.0 Å². The molecule has 1 fully saturated rings. The first-order chi connectivity index (χ1) is 7.72. The summed E-state index contributed by atoms with van der Waals surface area (Å²) in [6.07, 6.45) is 2.45. The Morgan fingerprint density at radius 3 is 3.00 bits per heavy atom. The molecule has 1 aliphatic rings. The monoisotopic (exact) mass is 283 g/mol. The molecule has 2 heterocycles. The number of imide groups is 1. The second-order valence-electron chi connectivity index (χ2n) is 3.58. The zero-order valence-electron chi connectivity index (χ0n) is 8.44. The number of carbonyl (C=O) groups is 2. The first-order valence-corrected chi connectivity index (χ1v) is 6.04. The molecule has 0 saturated carbocycles. The maximum absolute atomic E-state index is 11.7. The Kier molecular flexibility index (Phi) is 3.28. The SMILES string of the molecule is O=C1CCC(c2nnccc2CBr)C(=O)N1. The summed E-state index contributed by atoms with van der Waals surface area (Å²) in [7, 11) is 0. The second-order valence-corrected chi connectivity index (χ2v) is 4.14. The lowest BCUT2D eigenvalue weighted by Gasteiger charge is -2.21. The minimum Gasteiger partial charge on any atom is -0.296 e. The van der Waals surface area contributed by atoms with Gasteiger partial charge in [0.05, 0.1) is 11.6 Å². The van der Waals surface area contributed by atoms with E-state index in [-0.39, 0.29) is 17.7 Å². The van der Waals surface area contributed by atoms with Crippen LogP contribution in [0.3, 0.4) is 0 Å². The summed E-state index contributed by atoms with van der Waals surface area (Å²) in [6.45, 7) is 0. The molecule has 0 bridgehead atoms. The van der Waals surface area contributed by atoms with Crippen LogP contribution < -0.4 is 5.32 Å². The molecule has 1 aromatic rings. The first-order valence-electron chi connectivity index (χ1n) is 4.92. The van der Waals surface area contributed by atoms with E-state index < -0.39 is 0 Å². The highest BCUT2D eigenvalue weighted by atomic mass is 79.9. The fourth-order valence-electron chi connectivity index (χ4n) is 1.73. The highest BCUT2D eigenvalue weighted by Gasteiger charge is 2.30. The summed E-state index contributed by atoms with van der Waals surface area (Å²) in [5.74, 6) is -0.858. The number of halogens is 1. The molecule has 1 saturated heterocycles. The number of nitrogens with zero attached hydrogens (tertiary/aromatic N) is 2. The maximum Gasteiger partial charge on any atom is 0.235 e. The first kappa shape index (κ1) is 11.2. The zero-order valence-corrected chi connectivity index (χ0v) is 10.0. The van der Waals surface area contributed by atoms with Gasteiger partial charge >= 0.3 is 0 Å². The van der Waals surface area contributed by atoms with Gasteiger partial charge < -0.3 is 0 Å². The lowest BCUT2D eigenvalue weighted by atomic mass is 9.92. The van der Waals surface area contributed by atoms with Gasteiger partial charge in [-0.25, -0.2) is 0 Å². The van der Waals surface area contributed by atoms with E-state index in [1.165, 1.54) is 0 Å². The number of nitrogens with one attached hydrogen (secondary N) is 1. The van der Waals surface area contributed by atoms with Crippen molar-refractivity contribution in [2.75, 3.05) is 0 Å². The standard InChI is InChI=1S/C10H10BrN3O2/c11-5-6-3-4-12-14-9(6)7-1-2-8(15)13-10(7)16/h3-4,7H,1-2,5H2,(H,13,15,16). The molecule has 1 N–H and O–H groups in total. The van der Waals surface area contributed by atoms with Crippen molar-refractivity contribution in [1.82, 2.24) is 15.5 Å². The van der Waals surface area contributed by atoms with Gasteiger partial charge in [0.25, 0.3) is 0 Å². The van der Waals surface area contributed by atoms with Crippen molar-refractivity contribution in [3.63, 3.8) is 0 Å². The number of hydrogen-bond acceptors (Lipinski definition) is 4. The molecular formula is C10H10BrN3O2. The van der Waals surface area contributed by atoms with Gasteiger partial charge in [-0.15, -0.1) is 0 Å². The Morgan fingerprint density at radius 2 is 2.31 bits per heavy atom. The molecule has 84 valence electrons. The van der Waals surface area contributed by atoms with Crippen molar-refractivity contribution in [1.29, 1.82) is 0 Å². The second kappa shape index (κ2) is 4.69. The largest absolute Gasteiger partial charge is 0.296 e. The third kappa shape index (κ3) is 2.11. The zero-order chi connectivity index (χ0) is 11.5. The quantitative estimate of drug-likeness (QED) is 0.646. The van der Waals surface area contributed by atoms with Crippen molar-refractivity contribution >= 4 is 27.7 Å².